The van der Waals surface area contributed by atoms with E-state index in [1.54, 1.807) is 0 Å². The Labute approximate surface area is 162 Å². The Morgan fingerprint density at radius 2 is 1.93 bits per heavy atom. The van der Waals surface area contributed by atoms with E-state index in [1.807, 2.05) is 18.5 Å². The molecule has 6 heteroatoms. The van der Waals surface area contributed by atoms with Gasteiger partial charge in [0.25, 0.3) is 0 Å². The second-order valence-corrected chi connectivity index (χ2v) is 8.28. The van der Waals surface area contributed by atoms with Gasteiger partial charge in [0.2, 0.25) is 5.91 Å². The Kier molecular flexibility index (Phi) is 6.37. The first kappa shape index (κ1) is 18.8. The molecule has 3 aliphatic rings. The minimum atomic E-state index is 0.213. The van der Waals surface area contributed by atoms with E-state index >= 15 is 0 Å². The highest BCUT2D eigenvalue weighted by atomic mass is 16.2. The molecule has 27 heavy (non-hydrogen) atoms. The number of likely N-dealkylation sites (tertiary alicyclic amines) is 2. The topological polar surface area (TPSA) is 51.7 Å². The highest BCUT2D eigenvalue weighted by Gasteiger charge is 2.33. The van der Waals surface area contributed by atoms with Crippen molar-refractivity contribution in [3.05, 3.63) is 30.1 Å². The predicted molar refractivity (Wildman–Crippen MR) is 106 cm³/mol. The molecule has 0 saturated carbocycles. The van der Waals surface area contributed by atoms with E-state index in [2.05, 4.69) is 31.1 Å². The molecule has 1 atom stereocenters. The van der Waals surface area contributed by atoms with E-state index in [9.17, 15) is 4.79 Å². The van der Waals surface area contributed by atoms with Gasteiger partial charge < -0.3 is 10.2 Å². The number of rotatable bonds is 4. The van der Waals surface area contributed by atoms with Gasteiger partial charge in [0, 0.05) is 57.7 Å². The van der Waals surface area contributed by atoms with Gasteiger partial charge in [-0.1, -0.05) is 6.07 Å². The van der Waals surface area contributed by atoms with Crippen LogP contribution >= 0.6 is 0 Å². The van der Waals surface area contributed by atoms with Crippen molar-refractivity contribution in [3.63, 3.8) is 0 Å². The number of amides is 1. The standard InChI is InChI=1S/C21H33N5O/c27-21(25-13-8-22-9-14-25)19-4-2-10-26(17-19)20-5-11-24(12-6-20)16-18-3-1-7-23-15-18/h1,3,7,15,19-20,22H,2,4-6,8-14,16-17H2. The predicted octanol–water partition coefficient (Wildman–Crippen LogP) is 1.19. The van der Waals surface area contributed by atoms with Crippen LogP contribution in [0.3, 0.4) is 0 Å². The molecular weight excluding hydrogens is 338 g/mol. The monoisotopic (exact) mass is 371 g/mol. The Morgan fingerprint density at radius 3 is 2.67 bits per heavy atom. The molecule has 3 fully saturated rings. The molecule has 0 aromatic carbocycles. The Morgan fingerprint density at radius 1 is 1.11 bits per heavy atom. The van der Waals surface area contributed by atoms with Crippen molar-refractivity contribution in [2.45, 2.75) is 38.3 Å². The normalized spacial score (nSPS) is 26.2. The second-order valence-electron chi connectivity index (χ2n) is 8.28. The second kappa shape index (κ2) is 9.13. The quantitative estimate of drug-likeness (QED) is 0.862. The fourth-order valence-corrected chi connectivity index (χ4v) is 4.88. The van der Waals surface area contributed by atoms with Crippen LogP contribution in [0.15, 0.2) is 24.5 Å². The minimum Gasteiger partial charge on any atom is -0.340 e. The first-order valence-corrected chi connectivity index (χ1v) is 10.6. The van der Waals surface area contributed by atoms with Gasteiger partial charge in [-0.15, -0.1) is 0 Å². The number of pyridine rings is 1. The van der Waals surface area contributed by atoms with Crippen molar-refractivity contribution in [1.82, 2.24) is 25.0 Å². The average molecular weight is 372 g/mol. The molecule has 3 aliphatic heterocycles. The fourth-order valence-electron chi connectivity index (χ4n) is 4.88. The van der Waals surface area contributed by atoms with Crippen molar-refractivity contribution in [2.75, 3.05) is 52.4 Å². The summed E-state index contributed by atoms with van der Waals surface area (Å²) in [4.78, 5) is 24.4. The first-order chi connectivity index (χ1) is 13.3. The van der Waals surface area contributed by atoms with Crippen LogP contribution in [0.4, 0.5) is 0 Å². The van der Waals surface area contributed by atoms with Crippen LogP contribution in [0, 0.1) is 5.92 Å². The molecule has 4 heterocycles. The van der Waals surface area contributed by atoms with Gasteiger partial charge in [0.15, 0.2) is 0 Å². The van der Waals surface area contributed by atoms with Crippen molar-refractivity contribution >= 4 is 5.91 Å². The lowest BCUT2D eigenvalue weighted by atomic mass is 9.92. The summed E-state index contributed by atoms with van der Waals surface area (Å²) >= 11 is 0. The first-order valence-electron chi connectivity index (χ1n) is 10.6. The van der Waals surface area contributed by atoms with Crippen LogP contribution in [0.5, 0.6) is 0 Å². The zero-order valence-corrected chi connectivity index (χ0v) is 16.4. The molecule has 1 aromatic heterocycles. The highest BCUT2D eigenvalue weighted by molar-refractivity contribution is 5.79. The third-order valence-electron chi connectivity index (χ3n) is 6.43. The molecule has 4 rings (SSSR count). The molecule has 148 valence electrons. The van der Waals surface area contributed by atoms with Gasteiger partial charge in [0.1, 0.15) is 0 Å². The fraction of sp³-hybridized carbons (Fsp3) is 0.714. The lowest BCUT2D eigenvalue weighted by Gasteiger charge is -2.43. The van der Waals surface area contributed by atoms with E-state index in [1.165, 1.54) is 31.4 Å². The van der Waals surface area contributed by atoms with Gasteiger partial charge >= 0.3 is 0 Å². The SMILES string of the molecule is O=C(C1CCCN(C2CCN(Cc3cccnc3)CC2)C1)N1CCNCC1. The van der Waals surface area contributed by atoms with Gasteiger partial charge in [0.05, 0.1) is 5.92 Å². The molecule has 1 unspecified atom stereocenters. The van der Waals surface area contributed by atoms with E-state index in [-0.39, 0.29) is 5.92 Å². The van der Waals surface area contributed by atoms with Gasteiger partial charge in [-0.3, -0.25) is 19.6 Å². The largest absolute Gasteiger partial charge is 0.340 e. The zero-order valence-electron chi connectivity index (χ0n) is 16.4. The van der Waals surface area contributed by atoms with Crippen LogP contribution in [0.1, 0.15) is 31.2 Å². The number of piperidine rings is 2. The maximum Gasteiger partial charge on any atom is 0.227 e. The number of piperazine rings is 1. The number of nitrogens with one attached hydrogen (secondary N) is 1. The molecule has 0 radical (unpaired) electrons. The maximum absolute atomic E-state index is 12.9. The molecule has 1 amide bonds. The molecule has 0 aliphatic carbocycles. The summed E-state index contributed by atoms with van der Waals surface area (Å²) in [5.74, 6) is 0.612. The summed E-state index contributed by atoms with van der Waals surface area (Å²) in [6.45, 7) is 9.07. The summed E-state index contributed by atoms with van der Waals surface area (Å²) in [6, 6.07) is 4.83. The third kappa shape index (κ3) is 4.86. The number of carbonyl (C=O) groups excluding carboxylic acids is 1. The molecule has 6 nitrogen and oxygen atoms in total. The number of carbonyl (C=O) groups is 1. The molecule has 0 spiro atoms. The van der Waals surface area contributed by atoms with Crippen molar-refractivity contribution in [2.24, 2.45) is 5.92 Å². The summed E-state index contributed by atoms with van der Waals surface area (Å²) in [5.41, 5.74) is 1.30. The lowest BCUT2D eigenvalue weighted by molar-refractivity contribution is -0.138. The van der Waals surface area contributed by atoms with Crippen LogP contribution in [-0.4, -0.2) is 84.0 Å². The number of hydrogen-bond acceptors (Lipinski definition) is 5. The van der Waals surface area contributed by atoms with Crippen molar-refractivity contribution in [1.29, 1.82) is 0 Å². The Bertz CT molecular complexity index is 596. The minimum absolute atomic E-state index is 0.213. The van der Waals surface area contributed by atoms with E-state index in [4.69, 9.17) is 0 Å². The van der Waals surface area contributed by atoms with Gasteiger partial charge in [-0.25, -0.2) is 0 Å². The average Bonchev–Trinajstić information content (AvgIpc) is 2.75. The molecular formula is C21H33N5O. The smallest absolute Gasteiger partial charge is 0.227 e. The summed E-state index contributed by atoms with van der Waals surface area (Å²) in [5, 5.41) is 3.34. The molecule has 3 saturated heterocycles. The third-order valence-corrected chi connectivity index (χ3v) is 6.43. The molecule has 1 N–H and O–H groups in total. The summed E-state index contributed by atoms with van der Waals surface area (Å²) in [7, 11) is 0. The number of hydrogen-bond donors (Lipinski definition) is 1. The Balaban J connectivity index is 1.26. The van der Waals surface area contributed by atoms with Crippen LogP contribution in [0.2, 0.25) is 0 Å². The zero-order chi connectivity index (χ0) is 18.5. The van der Waals surface area contributed by atoms with Crippen molar-refractivity contribution in [3.8, 4) is 0 Å². The summed E-state index contributed by atoms with van der Waals surface area (Å²) in [6.07, 6.45) is 8.48. The number of nitrogens with zero attached hydrogens (tertiary/aromatic N) is 4. The maximum atomic E-state index is 12.9. The van der Waals surface area contributed by atoms with E-state index in [0.717, 1.165) is 58.8 Å². The van der Waals surface area contributed by atoms with E-state index in [0.29, 0.717) is 11.9 Å². The van der Waals surface area contributed by atoms with Crippen LogP contribution in [0.25, 0.3) is 0 Å². The van der Waals surface area contributed by atoms with Gasteiger partial charge in [-0.05, 0) is 56.9 Å². The summed E-state index contributed by atoms with van der Waals surface area (Å²) < 4.78 is 0. The van der Waals surface area contributed by atoms with Crippen molar-refractivity contribution < 1.29 is 4.79 Å². The Hall–Kier alpha value is -1.50. The number of aromatic nitrogens is 1. The lowest BCUT2D eigenvalue weighted by Crippen LogP contribution is -2.53. The van der Waals surface area contributed by atoms with Crippen LogP contribution < -0.4 is 5.32 Å². The van der Waals surface area contributed by atoms with E-state index < -0.39 is 0 Å². The van der Waals surface area contributed by atoms with Gasteiger partial charge in [-0.2, -0.15) is 0 Å². The molecule has 1 aromatic rings. The van der Waals surface area contributed by atoms with Crippen LogP contribution in [-0.2, 0) is 11.3 Å². The molecule has 0 bridgehead atoms. The highest BCUT2D eigenvalue weighted by Crippen LogP contribution is 2.25.